The molecule has 2 aliphatic heterocycles. The molecule has 13 heteroatoms. The maximum absolute atomic E-state index is 14.8. The molecule has 0 amide bonds. The topological polar surface area (TPSA) is 140 Å². The molecule has 1 aromatic heterocycles. The smallest absolute Gasteiger partial charge is 0.296 e. The van der Waals surface area contributed by atoms with E-state index in [1.165, 1.54) is 23.4 Å². The van der Waals surface area contributed by atoms with Gasteiger partial charge in [-0.05, 0) is 49.4 Å². The van der Waals surface area contributed by atoms with Gasteiger partial charge in [-0.3, -0.25) is 4.90 Å². The number of aliphatic hydroxyl groups is 2. The summed E-state index contributed by atoms with van der Waals surface area (Å²) < 4.78 is 40.8. The number of morpholine rings is 1. The number of rotatable bonds is 9. The number of benzene rings is 2. The van der Waals surface area contributed by atoms with E-state index >= 15 is 0 Å². The van der Waals surface area contributed by atoms with Crippen molar-refractivity contribution in [1.29, 1.82) is 5.26 Å². The van der Waals surface area contributed by atoms with Gasteiger partial charge in [-0.15, -0.1) is 0 Å². The Morgan fingerprint density at radius 2 is 2.02 bits per heavy atom. The molecule has 2 saturated heterocycles. The van der Waals surface area contributed by atoms with Crippen LogP contribution in [-0.4, -0.2) is 100 Å². The third-order valence-corrected chi connectivity index (χ3v) is 7.17. The van der Waals surface area contributed by atoms with Crippen LogP contribution in [0.25, 0.3) is 11.4 Å². The van der Waals surface area contributed by atoms with Gasteiger partial charge in [-0.25, -0.2) is 18.7 Å². The first-order valence-corrected chi connectivity index (χ1v) is 13.8. The zero-order chi connectivity index (χ0) is 29.7. The van der Waals surface area contributed by atoms with Crippen molar-refractivity contribution in [2.45, 2.75) is 37.6 Å². The van der Waals surface area contributed by atoms with Gasteiger partial charge in [-0.1, -0.05) is 0 Å². The molecule has 3 aromatic rings. The van der Waals surface area contributed by atoms with E-state index in [-0.39, 0.29) is 37.0 Å². The highest BCUT2D eigenvalue weighted by molar-refractivity contribution is 5.64. The fourth-order valence-corrected chi connectivity index (χ4v) is 5.12. The highest BCUT2D eigenvalue weighted by Gasteiger charge is 2.46. The lowest BCUT2D eigenvalue weighted by Crippen LogP contribution is -2.54. The van der Waals surface area contributed by atoms with Gasteiger partial charge in [0, 0.05) is 49.5 Å². The molecule has 3 N–H and O–H groups in total. The minimum absolute atomic E-state index is 0.0235. The van der Waals surface area contributed by atoms with Crippen molar-refractivity contribution >= 4 is 17.3 Å². The number of alkyl halides is 2. The number of hydrogen-bond donors (Lipinski definition) is 3. The molecule has 2 aromatic carbocycles. The van der Waals surface area contributed by atoms with Crippen LogP contribution >= 0.6 is 0 Å². The number of likely N-dealkylation sites (tertiary alicyclic amines) is 1. The van der Waals surface area contributed by atoms with Crippen molar-refractivity contribution in [2.75, 3.05) is 56.2 Å². The first-order valence-electron chi connectivity index (χ1n) is 13.8. The number of β-amino-alcohol motifs (C(OH)–C–C–N with tert-alkyl or cyclic N) is 1. The van der Waals surface area contributed by atoms with E-state index in [4.69, 9.17) is 9.47 Å². The van der Waals surface area contributed by atoms with Crippen molar-refractivity contribution in [3.63, 3.8) is 0 Å². The average molecular weight is 582 g/mol. The molecule has 0 aliphatic carbocycles. The second-order valence-corrected chi connectivity index (χ2v) is 10.5. The van der Waals surface area contributed by atoms with Crippen molar-refractivity contribution in [1.82, 2.24) is 19.9 Å². The predicted octanol–water partition coefficient (Wildman–Crippen LogP) is 2.82. The molecule has 3 heterocycles. The zero-order valence-electron chi connectivity index (χ0n) is 23.2. The van der Waals surface area contributed by atoms with E-state index in [1.54, 1.807) is 13.0 Å². The molecule has 5 rings (SSSR count). The van der Waals surface area contributed by atoms with E-state index in [0.717, 1.165) is 17.9 Å². The summed E-state index contributed by atoms with van der Waals surface area (Å²) in [5.74, 6) is -2.49. The number of aliphatic hydroxyl groups excluding tert-OH is 2. The Bertz CT molecular complexity index is 1400. The summed E-state index contributed by atoms with van der Waals surface area (Å²) in [4.78, 5) is 16.5. The van der Waals surface area contributed by atoms with Crippen molar-refractivity contribution < 1.29 is 28.5 Å². The molecule has 0 spiro atoms. The van der Waals surface area contributed by atoms with E-state index in [0.29, 0.717) is 37.0 Å². The Kier molecular flexibility index (Phi) is 9.08. The fraction of sp³-hybridized carbons (Fsp3) is 0.448. The van der Waals surface area contributed by atoms with Crippen LogP contribution in [0.15, 0.2) is 48.8 Å². The van der Waals surface area contributed by atoms with Crippen LogP contribution in [0.2, 0.25) is 0 Å². The largest absolute Gasteiger partial charge is 0.483 e. The number of nitrogens with zero attached hydrogens (tertiary/aromatic N) is 6. The number of nitrogens with one attached hydrogen (secondary N) is 1. The zero-order valence-corrected chi connectivity index (χ0v) is 23.2. The molecular formula is C29H33F2N7O4. The van der Waals surface area contributed by atoms with Gasteiger partial charge in [0.2, 0.25) is 5.95 Å². The number of hydrogen-bond acceptors (Lipinski definition) is 11. The number of ether oxygens (including phenoxy) is 2. The molecular weight excluding hydrogens is 548 g/mol. The highest BCUT2D eigenvalue weighted by atomic mass is 19.3. The molecule has 222 valence electrons. The maximum atomic E-state index is 14.8. The van der Waals surface area contributed by atoms with Crippen molar-refractivity contribution in [3.05, 3.63) is 54.4 Å². The minimum atomic E-state index is -3.14. The van der Waals surface area contributed by atoms with Crippen LogP contribution in [0.5, 0.6) is 5.75 Å². The third kappa shape index (κ3) is 7.08. The van der Waals surface area contributed by atoms with Crippen LogP contribution in [0.4, 0.5) is 26.1 Å². The summed E-state index contributed by atoms with van der Waals surface area (Å²) >= 11 is 0. The van der Waals surface area contributed by atoms with E-state index < -0.39 is 24.7 Å². The average Bonchev–Trinajstić information content (AvgIpc) is 2.98. The van der Waals surface area contributed by atoms with E-state index in [1.807, 2.05) is 30.3 Å². The molecule has 0 radical (unpaired) electrons. The Morgan fingerprint density at radius 3 is 2.74 bits per heavy atom. The quantitative estimate of drug-likeness (QED) is 0.344. The molecule has 0 bridgehead atoms. The number of piperidine rings is 1. The van der Waals surface area contributed by atoms with Crippen LogP contribution in [0.3, 0.4) is 0 Å². The lowest BCUT2D eigenvalue weighted by molar-refractivity contribution is -0.142. The summed E-state index contributed by atoms with van der Waals surface area (Å²) in [6.07, 6.45) is -0.891. The summed E-state index contributed by atoms with van der Waals surface area (Å²) in [7, 11) is 0. The van der Waals surface area contributed by atoms with Crippen LogP contribution < -0.4 is 15.0 Å². The predicted molar refractivity (Wildman–Crippen MR) is 151 cm³/mol. The standard InChI is InChI=1S/C29H33F2N7O4/c1-19(40)14-37-9-8-26(29(30,31)17-37)42-25-7-2-20(12-21(25)13-32)27-33-18-34-28(36-27)35-22-3-5-23(6-4-22)38-10-11-41-24(15-38)16-39/h2-7,12,18-19,24,26,39-40H,8-11,14-17H2,1H3,(H,33,34,35,36)/t19-,24+,26-/m0/s1. The van der Waals surface area contributed by atoms with Gasteiger partial charge >= 0.3 is 0 Å². The fourth-order valence-electron chi connectivity index (χ4n) is 5.12. The van der Waals surface area contributed by atoms with Gasteiger partial charge in [-0.2, -0.15) is 10.2 Å². The Balaban J connectivity index is 1.26. The van der Waals surface area contributed by atoms with E-state index in [9.17, 15) is 24.3 Å². The summed E-state index contributed by atoms with van der Waals surface area (Å²) in [6, 6.07) is 14.3. The molecule has 2 aliphatic rings. The minimum Gasteiger partial charge on any atom is -0.483 e. The maximum Gasteiger partial charge on any atom is 0.296 e. The lowest BCUT2D eigenvalue weighted by Gasteiger charge is -2.38. The Morgan fingerprint density at radius 1 is 1.21 bits per heavy atom. The summed E-state index contributed by atoms with van der Waals surface area (Å²) in [5.41, 5.74) is 2.36. The summed E-state index contributed by atoms with van der Waals surface area (Å²) in [5, 5.41) is 31.8. The SMILES string of the molecule is C[C@H](O)CN1CC[C@H](Oc2ccc(-c3ncnc(Nc4ccc(N5CCO[C@@H](CO)C5)cc4)n3)cc2C#N)C(F)(F)C1. The Hall–Kier alpha value is -3.96. The van der Waals surface area contributed by atoms with Crippen molar-refractivity contribution in [3.8, 4) is 23.2 Å². The molecule has 42 heavy (non-hydrogen) atoms. The first kappa shape index (κ1) is 29.5. The first-order chi connectivity index (χ1) is 20.2. The summed E-state index contributed by atoms with van der Waals surface area (Å²) in [6.45, 7) is 3.43. The van der Waals surface area contributed by atoms with Gasteiger partial charge in [0.05, 0.1) is 37.5 Å². The molecule has 0 saturated carbocycles. The molecule has 0 unspecified atom stereocenters. The highest BCUT2D eigenvalue weighted by Crippen LogP contribution is 2.33. The lowest BCUT2D eigenvalue weighted by atomic mass is 10.0. The second-order valence-electron chi connectivity index (χ2n) is 10.5. The third-order valence-electron chi connectivity index (χ3n) is 7.17. The van der Waals surface area contributed by atoms with Crippen LogP contribution in [-0.2, 0) is 4.74 Å². The second kappa shape index (κ2) is 12.9. The Labute approximate surface area is 242 Å². The van der Waals surface area contributed by atoms with E-state index in [2.05, 4.69) is 25.2 Å². The van der Waals surface area contributed by atoms with Crippen LogP contribution in [0.1, 0.15) is 18.9 Å². The normalized spacial score (nSPS) is 21.4. The monoisotopic (exact) mass is 581 g/mol. The number of aromatic nitrogens is 3. The van der Waals surface area contributed by atoms with Gasteiger partial charge in [0.15, 0.2) is 11.9 Å². The van der Waals surface area contributed by atoms with Crippen LogP contribution in [0, 0.1) is 11.3 Å². The molecule has 11 nitrogen and oxygen atoms in total. The molecule has 3 atom stereocenters. The van der Waals surface area contributed by atoms with Gasteiger partial charge in [0.25, 0.3) is 5.92 Å². The van der Waals surface area contributed by atoms with Gasteiger partial charge < -0.3 is 29.9 Å². The number of anilines is 3. The number of halogens is 2. The van der Waals surface area contributed by atoms with Crippen molar-refractivity contribution in [2.24, 2.45) is 0 Å². The van der Waals surface area contributed by atoms with Gasteiger partial charge in [0.1, 0.15) is 18.1 Å². The molecule has 2 fully saturated rings. The number of nitriles is 1.